The van der Waals surface area contributed by atoms with Crippen LogP contribution in [0.3, 0.4) is 0 Å². The van der Waals surface area contributed by atoms with Gasteiger partial charge in [0, 0.05) is 23.8 Å². The molecule has 0 atom stereocenters. The Kier molecular flexibility index (Phi) is 4.86. The van der Waals surface area contributed by atoms with Crippen LogP contribution < -0.4 is 14.8 Å². The Morgan fingerprint density at radius 1 is 1.19 bits per heavy atom. The molecule has 0 fully saturated rings. The number of hydrogen-bond acceptors (Lipinski definition) is 8. The van der Waals surface area contributed by atoms with Gasteiger partial charge in [-0.3, -0.25) is 4.79 Å². The van der Waals surface area contributed by atoms with Gasteiger partial charge < -0.3 is 14.8 Å². The number of hydrogen-bond donors (Lipinski definition) is 1. The van der Waals surface area contributed by atoms with Gasteiger partial charge in [0.05, 0.1) is 26.6 Å². The maximum absolute atomic E-state index is 12.9. The second kappa shape index (κ2) is 7.61. The molecule has 0 aliphatic carbocycles. The van der Waals surface area contributed by atoms with Gasteiger partial charge in [-0.1, -0.05) is 24.3 Å². The molecule has 1 aliphatic rings. The summed E-state index contributed by atoms with van der Waals surface area (Å²) in [6.07, 6.45) is 0. The highest BCUT2D eigenvalue weighted by Gasteiger charge is 2.20. The van der Waals surface area contributed by atoms with E-state index in [4.69, 9.17) is 9.47 Å². The maximum atomic E-state index is 12.9. The summed E-state index contributed by atoms with van der Waals surface area (Å²) >= 11 is 1.40. The van der Waals surface area contributed by atoms with Gasteiger partial charge >= 0.3 is 0 Å². The van der Waals surface area contributed by atoms with E-state index in [1.165, 1.54) is 23.5 Å². The molecule has 0 bridgehead atoms. The molecule has 3 heterocycles. The number of nitrogens with one attached hydrogen (secondary N) is 1. The summed E-state index contributed by atoms with van der Waals surface area (Å²) in [7, 11) is -3.42. The topological polar surface area (TPSA) is 112 Å². The third kappa shape index (κ3) is 3.59. The molecule has 0 unspecified atom stereocenters. The predicted octanol–water partition coefficient (Wildman–Crippen LogP) is 3.57. The van der Waals surface area contributed by atoms with E-state index in [2.05, 4.69) is 15.4 Å². The van der Waals surface area contributed by atoms with Crippen LogP contribution in [0.15, 0.2) is 47.4 Å². The van der Waals surface area contributed by atoms with E-state index in [9.17, 15) is 13.2 Å². The molecular formula is C21H18N4O5S2. The average Bonchev–Trinajstić information content (AvgIpc) is 3.49. The van der Waals surface area contributed by atoms with Gasteiger partial charge in [0.25, 0.3) is 5.91 Å². The quantitative estimate of drug-likeness (QED) is 0.474. The third-order valence-corrected chi connectivity index (χ3v) is 7.69. The first-order chi connectivity index (χ1) is 15.3. The summed E-state index contributed by atoms with van der Waals surface area (Å²) < 4.78 is 37.6. The monoisotopic (exact) mass is 470 g/mol. The number of sulfone groups is 1. The molecule has 1 aliphatic heterocycles. The summed E-state index contributed by atoms with van der Waals surface area (Å²) in [6.45, 7) is 3.56. The van der Waals surface area contributed by atoms with Crippen molar-refractivity contribution in [3.63, 3.8) is 0 Å². The number of fused-ring (bicyclic) bond motifs is 2. The molecule has 0 saturated carbocycles. The number of amides is 1. The number of rotatable bonds is 5. The number of carbonyl (C=O) groups excluding carboxylic acids is 1. The average molecular weight is 471 g/mol. The van der Waals surface area contributed by atoms with Crippen molar-refractivity contribution in [3.8, 4) is 16.6 Å². The third-order valence-electron chi connectivity index (χ3n) is 4.96. The van der Waals surface area contributed by atoms with Crippen molar-refractivity contribution < 1.29 is 22.7 Å². The van der Waals surface area contributed by atoms with Crippen LogP contribution in [0.4, 0.5) is 5.82 Å². The van der Waals surface area contributed by atoms with Crippen molar-refractivity contribution >= 4 is 43.1 Å². The fourth-order valence-electron chi connectivity index (χ4n) is 3.32. The number of aromatic nitrogens is 3. The van der Waals surface area contributed by atoms with Gasteiger partial charge in [-0.25, -0.2) is 13.4 Å². The largest absolute Gasteiger partial charge is 0.454 e. The first kappa shape index (κ1) is 20.5. The highest BCUT2D eigenvalue weighted by molar-refractivity contribution is 7.91. The van der Waals surface area contributed by atoms with Crippen LogP contribution in [0.1, 0.15) is 23.0 Å². The van der Waals surface area contributed by atoms with Crippen molar-refractivity contribution in [2.45, 2.75) is 18.7 Å². The molecule has 9 nitrogen and oxygen atoms in total. The van der Waals surface area contributed by atoms with E-state index in [1.54, 1.807) is 29.8 Å². The number of nitrogens with zero attached hydrogens (tertiary/aromatic N) is 3. The summed E-state index contributed by atoms with van der Waals surface area (Å²) in [4.78, 5) is 17.6. The van der Waals surface area contributed by atoms with Crippen LogP contribution in [0.5, 0.6) is 11.5 Å². The standard InChI is InChI=1S/C21H18N4O5S2/c1-3-32(27,28)14-6-4-5-13(8-14)20(26)23-19-7-12(2)24-25(19)21-22-15-9-16-17(30-11-29-16)10-18(15)31-21/h4-10H,3,11H2,1-2H3,(H,23,26). The van der Waals surface area contributed by atoms with E-state index in [0.29, 0.717) is 28.1 Å². The Morgan fingerprint density at radius 2 is 1.97 bits per heavy atom. The van der Waals surface area contributed by atoms with Gasteiger partial charge in [0.1, 0.15) is 5.82 Å². The number of thiazole rings is 1. The SMILES string of the molecule is CCS(=O)(=O)c1cccc(C(=O)Nc2cc(C)nn2-c2nc3cc4c(cc3s2)OCO4)c1. The molecule has 4 aromatic rings. The minimum absolute atomic E-state index is 0.0405. The Hall–Kier alpha value is -3.44. The van der Waals surface area contributed by atoms with E-state index in [-0.39, 0.29) is 23.0 Å². The lowest BCUT2D eigenvalue weighted by Gasteiger charge is -2.08. The smallest absolute Gasteiger partial charge is 0.256 e. The fraction of sp³-hybridized carbons (Fsp3) is 0.190. The zero-order chi connectivity index (χ0) is 22.5. The van der Waals surface area contributed by atoms with E-state index < -0.39 is 15.7 Å². The predicted molar refractivity (Wildman–Crippen MR) is 120 cm³/mol. The normalized spacial score (nSPS) is 12.9. The van der Waals surface area contributed by atoms with Crippen molar-refractivity contribution in [1.29, 1.82) is 0 Å². The first-order valence-corrected chi connectivity index (χ1v) is 12.2. The summed E-state index contributed by atoms with van der Waals surface area (Å²) in [6, 6.07) is 11.4. The number of aryl methyl sites for hydroxylation is 1. The summed E-state index contributed by atoms with van der Waals surface area (Å²) in [5.41, 5.74) is 1.66. The lowest BCUT2D eigenvalue weighted by molar-refractivity contribution is 0.102. The summed E-state index contributed by atoms with van der Waals surface area (Å²) in [5.74, 6) is 1.25. The van der Waals surface area contributed by atoms with E-state index >= 15 is 0 Å². The Labute approximate surface area is 187 Å². The molecule has 0 radical (unpaired) electrons. The molecule has 0 saturated heterocycles. The lowest BCUT2D eigenvalue weighted by atomic mass is 10.2. The van der Waals surface area contributed by atoms with Gasteiger partial charge in [0.2, 0.25) is 11.9 Å². The molecule has 5 rings (SSSR count). The van der Waals surface area contributed by atoms with Crippen LogP contribution in [0.2, 0.25) is 0 Å². The van der Waals surface area contributed by atoms with Crippen LogP contribution in [0, 0.1) is 6.92 Å². The molecular weight excluding hydrogens is 452 g/mol. The van der Waals surface area contributed by atoms with Crippen molar-refractivity contribution in [1.82, 2.24) is 14.8 Å². The van der Waals surface area contributed by atoms with E-state index in [0.717, 1.165) is 10.2 Å². The lowest BCUT2D eigenvalue weighted by Crippen LogP contribution is -2.16. The highest BCUT2D eigenvalue weighted by atomic mass is 32.2. The Bertz CT molecular complexity index is 1430. The van der Waals surface area contributed by atoms with Crippen molar-refractivity contribution in [3.05, 3.63) is 53.7 Å². The van der Waals surface area contributed by atoms with Gasteiger partial charge in [0.15, 0.2) is 21.3 Å². The first-order valence-electron chi connectivity index (χ1n) is 9.75. The second-order valence-corrected chi connectivity index (χ2v) is 10.4. The highest BCUT2D eigenvalue weighted by Crippen LogP contribution is 2.39. The molecule has 1 N–H and O–H groups in total. The molecule has 32 heavy (non-hydrogen) atoms. The minimum Gasteiger partial charge on any atom is -0.454 e. The number of carbonyl (C=O) groups is 1. The number of ether oxygens (including phenoxy) is 2. The van der Waals surface area contributed by atoms with Gasteiger partial charge in [-0.05, 0) is 25.1 Å². The zero-order valence-corrected chi connectivity index (χ0v) is 18.8. The van der Waals surface area contributed by atoms with Gasteiger partial charge in [-0.2, -0.15) is 9.78 Å². The number of benzene rings is 2. The molecule has 0 spiro atoms. The van der Waals surface area contributed by atoms with Crippen LogP contribution in [-0.2, 0) is 9.84 Å². The van der Waals surface area contributed by atoms with Crippen LogP contribution in [0.25, 0.3) is 15.3 Å². The van der Waals surface area contributed by atoms with Crippen molar-refractivity contribution in [2.75, 3.05) is 17.9 Å². The van der Waals surface area contributed by atoms with Crippen LogP contribution >= 0.6 is 11.3 Å². The molecule has 2 aromatic heterocycles. The summed E-state index contributed by atoms with van der Waals surface area (Å²) in [5, 5.41) is 7.84. The van der Waals surface area contributed by atoms with Crippen LogP contribution in [-0.4, -0.2) is 41.6 Å². The minimum atomic E-state index is -3.42. The Morgan fingerprint density at radius 3 is 2.75 bits per heavy atom. The Balaban J connectivity index is 1.47. The van der Waals surface area contributed by atoms with E-state index in [1.807, 2.05) is 19.1 Å². The zero-order valence-electron chi connectivity index (χ0n) is 17.2. The molecule has 11 heteroatoms. The maximum Gasteiger partial charge on any atom is 0.256 e. The fourth-order valence-corrected chi connectivity index (χ4v) is 5.18. The molecule has 2 aromatic carbocycles. The number of anilines is 1. The van der Waals surface area contributed by atoms with Crippen molar-refractivity contribution in [2.24, 2.45) is 0 Å². The second-order valence-electron chi connectivity index (χ2n) is 7.14. The van der Waals surface area contributed by atoms with Gasteiger partial charge in [-0.15, -0.1) is 0 Å². The molecule has 1 amide bonds. The molecule has 164 valence electrons.